The van der Waals surface area contributed by atoms with Crippen LogP contribution in [0.5, 0.6) is 11.5 Å². The molecular weight excluding hydrogens is 466 g/mol. The second-order valence-electron chi connectivity index (χ2n) is 9.78. The Morgan fingerprint density at radius 2 is 1.62 bits per heavy atom. The number of fused-ring (bicyclic) bond motifs is 2. The van der Waals surface area contributed by atoms with Gasteiger partial charge in [0.15, 0.2) is 11.5 Å². The fraction of sp³-hybridized carbons (Fsp3) is 0.290. The van der Waals surface area contributed by atoms with Crippen molar-refractivity contribution in [1.82, 2.24) is 0 Å². The summed E-state index contributed by atoms with van der Waals surface area (Å²) in [5.74, 6) is -0.392. The molecule has 3 aromatic rings. The lowest BCUT2D eigenvalue weighted by Crippen LogP contribution is -2.29. The van der Waals surface area contributed by atoms with E-state index in [9.17, 15) is 14.7 Å². The Labute approximate surface area is 216 Å². The van der Waals surface area contributed by atoms with E-state index in [-0.39, 0.29) is 11.3 Å². The second kappa shape index (κ2) is 9.43. The molecule has 3 aromatic carbocycles. The zero-order chi connectivity index (χ0) is 25.5. The van der Waals surface area contributed by atoms with Crippen molar-refractivity contribution in [3.63, 3.8) is 0 Å². The predicted octanol–water partition coefficient (Wildman–Crippen LogP) is 5.53. The molecule has 2 aliphatic heterocycles. The molecule has 6 rings (SSSR count). The van der Waals surface area contributed by atoms with E-state index in [1.165, 1.54) is 16.0 Å². The van der Waals surface area contributed by atoms with Gasteiger partial charge < -0.3 is 14.6 Å². The highest BCUT2D eigenvalue weighted by Gasteiger charge is 2.47. The molecule has 1 amide bonds. The third-order valence-corrected chi connectivity index (χ3v) is 7.57. The molecule has 1 atom stereocenters. The van der Waals surface area contributed by atoms with Gasteiger partial charge in [0.1, 0.15) is 19.0 Å². The van der Waals surface area contributed by atoms with Crippen LogP contribution in [-0.4, -0.2) is 30.0 Å². The average Bonchev–Trinajstić information content (AvgIpc) is 3.22. The standard InChI is InChI=1S/C31H29NO5/c1-2-19-7-9-21(10-8-19)28-27(29(33)23-12-11-20-5-3-4-6-22(20)17-23)30(34)31(35)32(28)24-13-14-25-26(18-24)37-16-15-36-25/h7-14,17-18,28,33H,2-6,15-16H2,1H3/b29-27+. The smallest absolute Gasteiger partial charge is 0.300 e. The van der Waals surface area contributed by atoms with Gasteiger partial charge >= 0.3 is 0 Å². The van der Waals surface area contributed by atoms with Crippen molar-refractivity contribution >= 4 is 23.1 Å². The summed E-state index contributed by atoms with van der Waals surface area (Å²) in [6.45, 7) is 2.95. The van der Waals surface area contributed by atoms with Crippen LogP contribution < -0.4 is 14.4 Å². The Hall–Kier alpha value is -4.06. The van der Waals surface area contributed by atoms with Crippen molar-refractivity contribution in [2.75, 3.05) is 18.1 Å². The van der Waals surface area contributed by atoms with Gasteiger partial charge in [-0.05, 0) is 72.6 Å². The number of ether oxygens (including phenoxy) is 2. The van der Waals surface area contributed by atoms with Crippen LogP contribution in [0, 0.1) is 0 Å². The van der Waals surface area contributed by atoms with Gasteiger partial charge in [0, 0.05) is 17.3 Å². The number of hydrogen-bond acceptors (Lipinski definition) is 5. The van der Waals surface area contributed by atoms with Crippen molar-refractivity contribution in [3.8, 4) is 11.5 Å². The summed E-state index contributed by atoms with van der Waals surface area (Å²) in [4.78, 5) is 28.5. The molecular formula is C31H29NO5. The Balaban J connectivity index is 1.50. The van der Waals surface area contributed by atoms with E-state index in [1.54, 1.807) is 18.2 Å². The van der Waals surface area contributed by atoms with Crippen LogP contribution in [0.3, 0.4) is 0 Å². The number of carbonyl (C=O) groups is 2. The van der Waals surface area contributed by atoms with Crippen molar-refractivity contribution in [1.29, 1.82) is 0 Å². The lowest BCUT2D eigenvalue weighted by atomic mass is 9.88. The lowest BCUT2D eigenvalue weighted by molar-refractivity contribution is -0.132. The first-order valence-corrected chi connectivity index (χ1v) is 13.0. The number of Topliss-reactive ketones (excluding diaryl/α,β-unsaturated/α-hetero) is 1. The van der Waals surface area contributed by atoms with Gasteiger partial charge in [-0.25, -0.2) is 0 Å². The van der Waals surface area contributed by atoms with E-state index < -0.39 is 17.7 Å². The van der Waals surface area contributed by atoms with Crippen molar-refractivity contribution in [2.45, 2.75) is 45.1 Å². The van der Waals surface area contributed by atoms with Crippen LogP contribution in [0.15, 0.2) is 66.2 Å². The SMILES string of the molecule is CCc1ccc(C2/C(=C(\O)c3ccc4c(c3)CCCC4)C(=O)C(=O)N2c2ccc3c(c2)OCCO3)cc1. The molecule has 188 valence electrons. The van der Waals surface area contributed by atoms with Crippen LogP contribution in [0.1, 0.15) is 53.6 Å². The summed E-state index contributed by atoms with van der Waals surface area (Å²) in [7, 11) is 0. The van der Waals surface area contributed by atoms with Gasteiger partial charge in [-0.3, -0.25) is 14.5 Å². The summed E-state index contributed by atoms with van der Waals surface area (Å²) in [6, 6.07) is 18.2. The van der Waals surface area contributed by atoms with Gasteiger partial charge in [0.2, 0.25) is 0 Å². The third-order valence-electron chi connectivity index (χ3n) is 7.57. The Bertz CT molecular complexity index is 1420. The minimum Gasteiger partial charge on any atom is -0.507 e. The number of rotatable bonds is 4. The first kappa shape index (κ1) is 23.3. The molecule has 6 heteroatoms. The van der Waals surface area contributed by atoms with Gasteiger partial charge in [-0.2, -0.15) is 0 Å². The van der Waals surface area contributed by atoms with E-state index in [1.807, 2.05) is 42.5 Å². The maximum atomic E-state index is 13.5. The Morgan fingerprint density at radius 3 is 2.38 bits per heavy atom. The number of carbonyl (C=O) groups excluding carboxylic acids is 2. The molecule has 1 saturated heterocycles. The fourth-order valence-electron chi connectivity index (χ4n) is 5.57. The van der Waals surface area contributed by atoms with Crippen LogP contribution in [0.4, 0.5) is 5.69 Å². The maximum absolute atomic E-state index is 13.5. The highest BCUT2D eigenvalue weighted by Crippen LogP contribution is 2.44. The lowest BCUT2D eigenvalue weighted by Gasteiger charge is -2.27. The molecule has 1 aliphatic carbocycles. The number of aliphatic hydroxyl groups is 1. The van der Waals surface area contributed by atoms with Crippen molar-refractivity contribution in [2.24, 2.45) is 0 Å². The highest BCUT2D eigenvalue weighted by molar-refractivity contribution is 6.51. The molecule has 0 saturated carbocycles. The normalized spacial score (nSPS) is 20.1. The molecule has 1 fully saturated rings. The van der Waals surface area contributed by atoms with Crippen molar-refractivity contribution in [3.05, 3.63) is 94.1 Å². The first-order chi connectivity index (χ1) is 18.0. The summed E-state index contributed by atoms with van der Waals surface area (Å²) in [5.41, 5.74) is 5.56. The molecule has 37 heavy (non-hydrogen) atoms. The highest BCUT2D eigenvalue weighted by atomic mass is 16.6. The zero-order valence-corrected chi connectivity index (χ0v) is 20.8. The van der Waals surface area contributed by atoms with E-state index in [4.69, 9.17) is 9.47 Å². The fourth-order valence-corrected chi connectivity index (χ4v) is 5.57. The molecule has 0 radical (unpaired) electrons. The van der Waals surface area contributed by atoms with Crippen LogP contribution in [0.2, 0.25) is 0 Å². The maximum Gasteiger partial charge on any atom is 0.300 e. The molecule has 6 nitrogen and oxygen atoms in total. The van der Waals surface area contributed by atoms with Gasteiger partial charge in [-0.15, -0.1) is 0 Å². The van der Waals surface area contributed by atoms with Gasteiger partial charge in [-0.1, -0.05) is 43.3 Å². The number of anilines is 1. The Morgan fingerprint density at radius 1 is 0.892 bits per heavy atom. The summed E-state index contributed by atoms with van der Waals surface area (Å²) in [5, 5.41) is 11.5. The largest absolute Gasteiger partial charge is 0.507 e. The van der Waals surface area contributed by atoms with Crippen LogP contribution in [-0.2, 0) is 28.9 Å². The Kier molecular flexibility index (Phi) is 5.95. The molecule has 1 N–H and O–H groups in total. The molecule has 1 unspecified atom stereocenters. The van der Waals surface area contributed by atoms with Gasteiger partial charge in [0.25, 0.3) is 11.7 Å². The van der Waals surface area contributed by atoms with E-state index in [0.717, 1.165) is 43.2 Å². The number of aliphatic hydroxyl groups excluding tert-OH is 1. The van der Waals surface area contributed by atoms with E-state index in [0.29, 0.717) is 36.0 Å². The third kappa shape index (κ3) is 4.06. The summed E-state index contributed by atoms with van der Waals surface area (Å²) < 4.78 is 11.4. The number of nitrogens with zero attached hydrogens (tertiary/aromatic N) is 1. The molecule has 2 heterocycles. The second-order valence-corrected chi connectivity index (χ2v) is 9.78. The van der Waals surface area contributed by atoms with Gasteiger partial charge in [0.05, 0.1) is 11.6 Å². The number of aryl methyl sites for hydroxylation is 3. The topological polar surface area (TPSA) is 76.1 Å². The summed E-state index contributed by atoms with van der Waals surface area (Å²) in [6.07, 6.45) is 5.11. The van der Waals surface area contributed by atoms with E-state index in [2.05, 4.69) is 6.92 Å². The van der Waals surface area contributed by atoms with Crippen LogP contribution >= 0.6 is 0 Å². The molecule has 0 bridgehead atoms. The minimum atomic E-state index is -0.774. The monoisotopic (exact) mass is 495 g/mol. The molecule has 0 aromatic heterocycles. The summed E-state index contributed by atoms with van der Waals surface area (Å²) >= 11 is 0. The zero-order valence-electron chi connectivity index (χ0n) is 20.8. The van der Waals surface area contributed by atoms with E-state index >= 15 is 0 Å². The number of amides is 1. The quantitative estimate of drug-likeness (QED) is 0.293. The first-order valence-electron chi connectivity index (χ1n) is 13.0. The minimum absolute atomic E-state index is 0.0971. The average molecular weight is 496 g/mol. The van der Waals surface area contributed by atoms with Crippen molar-refractivity contribution < 1.29 is 24.2 Å². The predicted molar refractivity (Wildman–Crippen MR) is 141 cm³/mol. The molecule has 0 spiro atoms. The molecule has 3 aliphatic rings. The number of benzene rings is 3. The van der Waals surface area contributed by atoms with Crippen LogP contribution in [0.25, 0.3) is 5.76 Å². The number of hydrogen-bond donors (Lipinski definition) is 1. The number of ketones is 1.